The first-order valence-corrected chi connectivity index (χ1v) is 5.58. The Labute approximate surface area is 131 Å². The Morgan fingerprint density at radius 3 is 1.10 bits per heavy atom. The molecule has 7 heteroatoms. The molecule has 2 rings (SSSR count). The van der Waals surface area contributed by atoms with Crippen LogP contribution < -0.4 is 11.5 Å². The van der Waals surface area contributed by atoms with Crippen molar-refractivity contribution < 1.29 is 36.6 Å². The van der Waals surface area contributed by atoms with E-state index in [4.69, 9.17) is 21.7 Å². The van der Waals surface area contributed by atoms with Gasteiger partial charge in [-0.05, 0) is 48.5 Å². The first kappa shape index (κ1) is 18.5. The molecular formula is C14H14CoN2O4. The zero-order valence-corrected chi connectivity index (χ0v) is 11.9. The minimum atomic E-state index is -0.931. The summed E-state index contributed by atoms with van der Waals surface area (Å²) in [6, 6.07) is 12.1. The molecule has 0 amide bonds. The molecule has 0 aromatic heterocycles. The molecule has 0 saturated heterocycles. The van der Waals surface area contributed by atoms with E-state index >= 15 is 0 Å². The van der Waals surface area contributed by atoms with Crippen molar-refractivity contribution in [2.75, 3.05) is 11.5 Å². The zero-order chi connectivity index (χ0) is 15.1. The van der Waals surface area contributed by atoms with E-state index in [1.54, 1.807) is 24.3 Å². The van der Waals surface area contributed by atoms with Gasteiger partial charge in [0.1, 0.15) is 0 Å². The van der Waals surface area contributed by atoms with Gasteiger partial charge in [-0.2, -0.15) is 0 Å². The molecule has 113 valence electrons. The Kier molecular flexibility index (Phi) is 7.59. The molecule has 0 aliphatic carbocycles. The maximum atomic E-state index is 10.3. The number of anilines is 2. The molecule has 0 atom stereocenters. The number of rotatable bonds is 2. The summed E-state index contributed by atoms with van der Waals surface area (Å²) in [6.07, 6.45) is 0. The molecule has 0 fully saturated rings. The van der Waals surface area contributed by atoms with Crippen molar-refractivity contribution in [2.24, 2.45) is 0 Å². The van der Waals surface area contributed by atoms with Crippen LogP contribution in [0, 0.1) is 0 Å². The molecule has 21 heavy (non-hydrogen) atoms. The van der Waals surface area contributed by atoms with Crippen molar-refractivity contribution in [3.8, 4) is 0 Å². The molecule has 0 unspecified atom stereocenters. The van der Waals surface area contributed by atoms with Gasteiger partial charge in [0.15, 0.2) is 0 Å². The van der Waals surface area contributed by atoms with E-state index in [9.17, 15) is 9.59 Å². The van der Waals surface area contributed by atoms with Crippen molar-refractivity contribution in [1.82, 2.24) is 0 Å². The molecular weight excluding hydrogens is 319 g/mol. The first-order valence-electron chi connectivity index (χ1n) is 5.58. The fraction of sp³-hybridized carbons (Fsp3) is 0. The quantitative estimate of drug-likeness (QED) is 0.622. The summed E-state index contributed by atoms with van der Waals surface area (Å²) < 4.78 is 0. The molecule has 0 spiro atoms. The molecule has 1 radical (unpaired) electrons. The van der Waals surface area contributed by atoms with Crippen molar-refractivity contribution in [3.05, 3.63) is 59.7 Å². The van der Waals surface area contributed by atoms with E-state index in [1.807, 2.05) is 0 Å². The number of carboxylic acids is 2. The Hall–Kier alpha value is -2.51. The van der Waals surface area contributed by atoms with Gasteiger partial charge in [-0.25, -0.2) is 9.59 Å². The average Bonchev–Trinajstić information content (AvgIpc) is 2.40. The van der Waals surface area contributed by atoms with Crippen LogP contribution in [0.2, 0.25) is 0 Å². The summed E-state index contributed by atoms with van der Waals surface area (Å²) in [6.45, 7) is 0. The van der Waals surface area contributed by atoms with Crippen LogP contribution in [0.1, 0.15) is 20.7 Å². The first-order chi connectivity index (χ1) is 9.40. The van der Waals surface area contributed by atoms with Gasteiger partial charge in [-0.15, -0.1) is 0 Å². The van der Waals surface area contributed by atoms with Gasteiger partial charge >= 0.3 is 11.9 Å². The number of nitrogen functional groups attached to an aromatic ring is 2. The molecule has 6 nitrogen and oxygen atoms in total. The van der Waals surface area contributed by atoms with Gasteiger partial charge in [0, 0.05) is 28.2 Å². The molecule has 2 aromatic carbocycles. The van der Waals surface area contributed by atoms with E-state index in [-0.39, 0.29) is 27.9 Å². The third kappa shape index (κ3) is 6.46. The predicted molar refractivity (Wildman–Crippen MR) is 75.6 cm³/mol. The average molecular weight is 333 g/mol. The van der Waals surface area contributed by atoms with Crippen molar-refractivity contribution in [2.45, 2.75) is 0 Å². The van der Waals surface area contributed by atoms with Gasteiger partial charge in [0.25, 0.3) is 0 Å². The van der Waals surface area contributed by atoms with E-state index in [0.29, 0.717) is 11.4 Å². The Morgan fingerprint density at radius 1 is 0.667 bits per heavy atom. The minimum Gasteiger partial charge on any atom is -0.478 e. The predicted octanol–water partition coefficient (Wildman–Crippen LogP) is 1.93. The zero-order valence-electron chi connectivity index (χ0n) is 10.8. The van der Waals surface area contributed by atoms with E-state index in [0.717, 1.165) is 0 Å². The molecule has 2 aromatic rings. The van der Waals surface area contributed by atoms with Gasteiger partial charge in [0.05, 0.1) is 11.1 Å². The van der Waals surface area contributed by atoms with Crippen molar-refractivity contribution in [3.63, 3.8) is 0 Å². The van der Waals surface area contributed by atoms with Gasteiger partial charge in [-0.1, -0.05) is 0 Å². The Balaban J connectivity index is 0.000000364. The van der Waals surface area contributed by atoms with E-state index in [2.05, 4.69) is 0 Å². The largest absolute Gasteiger partial charge is 0.478 e. The van der Waals surface area contributed by atoms with Crippen LogP contribution in [0.25, 0.3) is 0 Å². The number of carbonyl (C=O) groups is 2. The number of benzene rings is 2. The van der Waals surface area contributed by atoms with Crippen LogP contribution in [-0.2, 0) is 16.8 Å². The molecule has 6 N–H and O–H groups in total. The fourth-order valence-electron chi connectivity index (χ4n) is 1.25. The second-order valence-electron chi connectivity index (χ2n) is 3.85. The summed E-state index contributed by atoms with van der Waals surface area (Å²) in [5.41, 5.74) is 12.3. The number of nitrogens with two attached hydrogens (primary N) is 2. The van der Waals surface area contributed by atoms with Gasteiger partial charge in [0.2, 0.25) is 0 Å². The normalized spacial score (nSPS) is 8.76. The summed E-state index contributed by atoms with van der Waals surface area (Å²) in [7, 11) is 0. The van der Waals surface area contributed by atoms with Crippen molar-refractivity contribution >= 4 is 23.3 Å². The second-order valence-corrected chi connectivity index (χ2v) is 3.85. The summed E-state index contributed by atoms with van der Waals surface area (Å²) in [4.78, 5) is 20.5. The molecule has 0 saturated carbocycles. The smallest absolute Gasteiger partial charge is 0.335 e. The number of aromatic carboxylic acids is 2. The third-order valence-electron chi connectivity index (χ3n) is 2.32. The number of hydrogen-bond acceptors (Lipinski definition) is 4. The number of hydrogen-bond donors (Lipinski definition) is 4. The second kappa shape index (κ2) is 8.62. The van der Waals surface area contributed by atoms with Crippen LogP contribution in [0.5, 0.6) is 0 Å². The summed E-state index contributed by atoms with van der Waals surface area (Å²) in [5.74, 6) is -1.86. The topological polar surface area (TPSA) is 127 Å². The molecule has 0 aliphatic heterocycles. The maximum absolute atomic E-state index is 10.3. The Bertz CT molecular complexity index is 542. The fourth-order valence-corrected chi connectivity index (χ4v) is 1.25. The summed E-state index contributed by atoms with van der Waals surface area (Å²) in [5, 5.41) is 16.9. The monoisotopic (exact) mass is 333 g/mol. The van der Waals surface area contributed by atoms with Crippen LogP contribution >= 0.6 is 0 Å². The molecule has 0 bridgehead atoms. The van der Waals surface area contributed by atoms with E-state index in [1.165, 1.54) is 24.3 Å². The van der Waals surface area contributed by atoms with Crippen molar-refractivity contribution in [1.29, 1.82) is 0 Å². The summed E-state index contributed by atoms with van der Waals surface area (Å²) >= 11 is 0. The van der Waals surface area contributed by atoms with Crippen LogP contribution in [0.4, 0.5) is 11.4 Å². The molecule has 0 aliphatic rings. The van der Waals surface area contributed by atoms with Crippen LogP contribution in [-0.4, -0.2) is 22.2 Å². The minimum absolute atomic E-state index is 0. The standard InChI is InChI=1S/2C7H7NO2.Co/c2*8-6-3-1-5(2-4-6)7(9)10;/h2*1-4H,8H2,(H,9,10);. The van der Waals surface area contributed by atoms with E-state index < -0.39 is 11.9 Å². The van der Waals surface area contributed by atoms with Gasteiger partial charge in [-0.3, -0.25) is 0 Å². The van der Waals surface area contributed by atoms with Gasteiger partial charge < -0.3 is 21.7 Å². The molecule has 0 heterocycles. The maximum Gasteiger partial charge on any atom is 0.335 e. The SMILES string of the molecule is Nc1ccc(C(=O)O)cc1.Nc1ccc(C(=O)O)cc1.[Co]. The van der Waals surface area contributed by atoms with Crippen LogP contribution in [0.3, 0.4) is 0 Å². The Morgan fingerprint density at radius 2 is 0.905 bits per heavy atom. The third-order valence-corrected chi connectivity index (χ3v) is 2.32. The number of carboxylic acid groups (broad SMARTS) is 2. The van der Waals surface area contributed by atoms with Crippen LogP contribution in [0.15, 0.2) is 48.5 Å².